The first-order valence-corrected chi connectivity index (χ1v) is 9.95. The van der Waals surface area contributed by atoms with Gasteiger partial charge in [0.2, 0.25) is 0 Å². The zero-order valence-electron chi connectivity index (χ0n) is 16.9. The molecule has 0 saturated heterocycles. The van der Waals surface area contributed by atoms with Gasteiger partial charge in [0.25, 0.3) is 5.91 Å². The van der Waals surface area contributed by atoms with Crippen molar-refractivity contribution in [3.8, 4) is 0 Å². The van der Waals surface area contributed by atoms with Gasteiger partial charge in [0.15, 0.2) is 11.5 Å². The average molecular weight is 408 g/mol. The molecule has 3 N–H and O–H groups in total. The molecule has 0 bridgehead atoms. The Bertz CT molecular complexity index is 1400. The number of aryl methyl sites for hydroxylation is 1. The lowest BCUT2D eigenvalue weighted by Gasteiger charge is -2.12. The van der Waals surface area contributed by atoms with Crippen LogP contribution in [0, 0.1) is 6.92 Å². The van der Waals surface area contributed by atoms with Crippen LogP contribution in [0.2, 0.25) is 0 Å². The van der Waals surface area contributed by atoms with Crippen molar-refractivity contribution in [2.24, 2.45) is 0 Å². The topological polar surface area (TPSA) is 95.6 Å². The molecule has 0 aliphatic heterocycles. The average Bonchev–Trinajstić information content (AvgIpc) is 3.29. The van der Waals surface area contributed by atoms with E-state index in [0.29, 0.717) is 29.1 Å². The third-order valence-electron chi connectivity index (χ3n) is 5.29. The molecular weight excluding hydrogens is 388 g/mol. The number of aromatic amines is 1. The summed E-state index contributed by atoms with van der Waals surface area (Å²) in [5.41, 5.74) is 4.65. The summed E-state index contributed by atoms with van der Waals surface area (Å²) in [6.45, 7) is 2.38. The normalized spacial score (nSPS) is 11.0. The van der Waals surface area contributed by atoms with Gasteiger partial charge in [-0.05, 0) is 41.0 Å². The number of carbonyl (C=O) groups is 1. The highest BCUT2D eigenvalue weighted by Gasteiger charge is 2.12. The number of aromatic nitrogens is 4. The quantitative estimate of drug-likeness (QED) is 0.398. The predicted molar refractivity (Wildman–Crippen MR) is 121 cm³/mol. The van der Waals surface area contributed by atoms with Crippen molar-refractivity contribution in [3.63, 3.8) is 0 Å². The first-order chi connectivity index (χ1) is 15.2. The number of benzene rings is 3. The minimum atomic E-state index is -0.122. The van der Waals surface area contributed by atoms with E-state index in [4.69, 9.17) is 0 Å². The summed E-state index contributed by atoms with van der Waals surface area (Å²) in [4.78, 5) is 28.5. The Morgan fingerprint density at radius 2 is 1.87 bits per heavy atom. The zero-order chi connectivity index (χ0) is 21.2. The second-order valence-electron chi connectivity index (χ2n) is 7.30. The highest BCUT2D eigenvalue weighted by atomic mass is 16.1. The number of rotatable bonds is 5. The maximum atomic E-state index is 13.0. The van der Waals surface area contributed by atoms with Gasteiger partial charge >= 0.3 is 0 Å². The van der Waals surface area contributed by atoms with Crippen molar-refractivity contribution in [1.82, 2.24) is 25.3 Å². The van der Waals surface area contributed by atoms with Gasteiger partial charge in [-0.15, -0.1) is 0 Å². The van der Waals surface area contributed by atoms with Gasteiger partial charge in [0.05, 0.1) is 6.33 Å². The maximum Gasteiger partial charge on any atom is 0.251 e. The Morgan fingerprint density at radius 3 is 2.81 bits per heavy atom. The van der Waals surface area contributed by atoms with Crippen LogP contribution in [0.3, 0.4) is 0 Å². The highest BCUT2D eigenvalue weighted by molar-refractivity contribution is 5.97. The molecule has 2 aromatic heterocycles. The molecular formula is C24H20N6O. The van der Waals surface area contributed by atoms with Crippen LogP contribution in [0.5, 0.6) is 0 Å². The van der Waals surface area contributed by atoms with E-state index in [1.54, 1.807) is 6.33 Å². The fraction of sp³-hybridized carbons (Fsp3) is 0.0833. The molecule has 5 rings (SSSR count). The third-order valence-corrected chi connectivity index (χ3v) is 5.29. The molecule has 152 valence electrons. The molecule has 7 nitrogen and oxygen atoms in total. The Balaban J connectivity index is 1.37. The van der Waals surface area contributed by atoms with E-state index >= 15 is 0 Å². The van der Waals surface area contributed by atoms with Gasteiger partial charge in [-0.1, -0.05) is 48.5 Å². The van der Waals surface area contributed by atoms with E-state index in [0.717, 1.165) is 27.6 Å². The van der Waals surface area contributed by atoms with Gasteiger partial charge < -0.3 is 15.6 Å². The monoisotopic (exact) mass is 408 g/mol. The standard InChI is InChI=1S/C24H20N6O/c1-15-9-10-18(30-23-21-22(27-13-26-21)28-14-29-23)11-20(15)24(31)25-12-17-7-4-6-16-5-2-3-8-19(16)17/h2-11,13-14H,12H2,1H3,(H,25,31)(H2,26,27,28,29,30). The van der Waals surface area contributed by atoms with Crippen LogP contribution in [-0.4, -0.2) is 25.8 Å². The summed E-state index contributed by atoms with van der Waals surface area (Å²) in [6.07, 6.45) is 3.03. The zero-order valence-corrected chi connectivity index (χ0v) is 16.9. The van der Waals surface area contributed by atoms with Crippen LogP contribution >= 0.6 is 0 Å². The van der Waals surface area contributed by atoms with Crippen LogP contribution in [-0.2, 0) is 6.54 Å². The van der Waals surface area contributed by atoms with Gasteiger partial charge in [0, 0.05) is 17.8 Å². The largest absolute Gasteiger partial charge is 0.348 e. The van der Waals surface area contributed by atoms with Gasteiger partial charge in [0.1, 0.15) is 11.8 Å². The van der Waals surface area contributed by atoms with E-state index < -0.39 is 0 Å². The number of amides is 1. The van der Waals surface area contributed by atoms with Crippen molar-refractivity contribution in [2.75, 3.05) is 5.32 Å². The van der Waals surface area contributed by atoms with Crippen molar-refractivity contribution in [2.45, 2.75) is 13.5 Å². The predicted octanol–water partition coefficient (Wildman–Crippen LogP) is 4.49. The number of nitrogens with zero attached hydrogens (tertiary/aromatic N) is 3. The van der Waals surface area contributed by atoms with Crippen LogP contribution < -0.4 is 10.6 Å². The number of hydrogen-bond acceptors (Lipinski definition) is 5. The molecule has 3 aromatic carbocycles. The fourth-order valence-electron chi connectivity index (χ4n) is 3.66. The lowest BCUT2D eigenvalue weighted by molar-refractivity contribution is 0.0950. The Labute approximate surface area is 178 Å². The summed E-state index contributed by atoms with van der Waals surface area (Å²) in [5.74, 6) is 0.483. The molecule has 0 fully saturated rings. The SMILES string of the molecule is Cc1ccc(Nc2ncnc3nc[nH]c23)cc1C(=O)NCc1cccc2ccccc12. The van der Waals surface area contributed by atoms with Gasteiger partial charge in [-0.2, -0.15) is 0 Å². The summed E-state index contributed by atoms with van der Waals surface area (Å²) in [7, 11) is 0. The number of carbonyl (C=O) groups excluding carboxylic acids is 1. The molecule has 31 heavy (non-hydrogen) atoms. The molecule has 7 heteroatoms. The van der Waals surface area contributed by atoms with Gasteiger partial charge in [-0.25, -0.2) is 15.0 Å². The Kier molecular flexibility index (Phi) is 4.76. The summed E-state index contributed by atoms with van der Waals surface area (Å²) >= 11 is 0. The molecule has 0 atom stereocenters. The molecule has 0 unspecified atom stereocenters. The molecule has 0 saturated carbocycles. The number of nitrogens with one attached hydrogen (secondary N) is 3. The number of hydrogen-bond donors (Lipinski definition) is 3. The Morgan fingerprint density at radius 1 is 1.00 bits per heavy atom. The molecule has 2 heterocycles. The summed E-state index contributed by atoms with van der Waals surface area (Å²) in [6, 6.07) is 20.0. The summed E-state index contributed by atoms with van der Waals surface area (Å²) in [5, 5.41) is 8.61. The van der Waals surface area contributed by atoms with Crippen LogP contribution in [0.1, 0.15) is 21.5 Å². The molecule has 5 aromatic rings. The van der Waals surface area contributed by atoms with Crippen LogP contribution in [0.15, 0.2) is 73.3 Å². The molecule has 0 radical (unpaired) electrons. The fourth-order valence-corrected chi connectivity index (χ4v) is 3.66. The highest BCUT2D eigenvalue weighted by Crippen LogP contribution is 2.23. The lowest BCUT2D eigenvalue weighted by Crippen LogP contribution is -2.23. The smallest absolute Gasteiger partial charge is 0.251 e. The first kappa shape index (κ1) is 18.7. The maximum absolute atomic E-state index is 13.0. The number of fused-ring (bicyclic) bond motifs is 2. The van der Waals surface area contributed by atoms with Crippen LogP contribution in [0.4, 0.5) is 11.5 Å². The number of imidazole rings is 1. The second kappa shape index (κ2) is 7.87. The second-order valence-corrected chi connectivity index (χ2v) is 7.30. The molecule has 0 spiro atoms. The lowest BCUT2D eigenvalue weighted by atomic mass is 10.0. The van der Waals surface area contributed by atoms with Crippen molar-refractivity contribution in [3.05, 3.63) is 90.0 Å². The van der Waals surface area contributed by atoms with E-state index in [1.165, 1.54) is 6.33 Å². The van der Waals surface area contributed by atoms with E-state index in [2.05, 4.69) is 48.8 Å². The molecule has 1 amide bonds. The van der Waals surface area contributed by atoms with E-state index in [1.807, 2.05) is 49.4 Å². The minimum absolute atomic E-state index is 0.122. The Hall–Kier alpha value is -4.26. The molecule has 0 aliphatic rings. The van der Waals surface area contributed by atoms with Crippen molar-refractivity contribution >= 4 is 39.3 Å². The van der Waals surface area contributed by atoms with Crippen molar-refractivity contribution < 1.29 is 4.79 Å². The van der Waals surface area contributed by atoms with E-state index in [-0.39, 0.29) is 5.91 Å². The van der Waals surface area contributed by atoms with Gasteiger partial charge in [-0.3, -0.25) is 4.79 Å². The summed E-state index contributed by atoms with van der Waals surface area (Å²) < 4.78 is 0. The number of anilines is 2. The number of H-pyrrole nitrogens is 1. The van der Waals surface area contributed by atoms with E-state index in [9.17, 15) is 4.79 Å². The molecule has 0 aliphatic carbocycles. The first-order valence-electron chi connectivity index (χ1n) is 9.95. The minimum Gasteiger partial charge on any atom is -0.348 e. The van der Waals surface area contributed by atoms with Crippen molar-refractivity contribution in [1.29, 1.82) is 0 Å². The van der Waals surface area contributed by atoms with Crippen LogP contribution in [0.25, 0.3) is 21.9 Å². The third kappa shape index (κ3) is 3.69.